The van der Waals surface area contributed by atoms with Gasteiger partial charge in [0.05, 0.1) is 0 Å². The third-order valence-corrected chi connectivity index (χ3v) is 3.95. The van der Waals surface area contributed by atoms with Crippen LogP contribution in [0.2, 0.25) is 0 Å². The Hall–Kier alpha value is -0.0105. The van der Waals surface area contributed by atoms with Crippen molar-refractivity contribution in [2.75, 3.05) is 26.2 Å². The van der Waals surface area contributed by atoms with Crippen molar-refractivity contribution in [3.05, 3.63) is 0 Å². The van der Waals surface area contributed by atoms with E-state index < -0.39 is 0 Å². The number of nitrogens with zero attached hydrogens (tertiary/aromatic N) is 2. The molecule has 0 aromatic carbocycles. The van der Waals surface area contributed by atoms with E-state index in [0.717, 1.165) is 13.1 Å². The first kappa shape index (κ1) is 16.0. The van der Waals surface area contributed by atoms with Crippen LogP contribution in [0, 0.1) is 0 Å². The van der Waals surface area contributed by atoms with E-state index in [1.54, 1.807) is 0 Å². The Morgan fingerprint density at radius 2 is 1.19 bits per heavy atom. The van der Waals surface area contributed by atoms with Crippen molar-refractivity contribution in [1.29, 1.82) is 0 Å². The van der Waals surface area contributed by atoms with Gasteiger partial charge in [-0.25, -0.2) is 0 Å². The molecule has 16 heavy (non-hydrogen) atoms. The summed E-state index contributed by atoms with van der Waals surface area (Å²) in [6.07, 6.45) is 5.10. The Balaban J connectivity index is 4.20. The molecule has 96 valence electrons. The molecule has 3 heteroatoms. The van der Waals surface area contributed by atoms with Crippen LogP contribution in [0.25, 0.3) is 0 Å². The molecule has 0 atom stereocenters. The van der Waals surface area contributed by atoms with Gasteiger partial charge in [0.15, 0.2) is 0 Å². The summed E-state index contributed by atoms with van der Waals surface area (Å²) < 4.78 is 1.34. The van der Waals surface area contributed by atoms with Gasteiger partial charge in [-0.3, -0.25) is 0 Å². The molecule has 0 saturated heterocycles. The minimum atomic E-state index is 1.10. The van der Waals surface area contributed by atoms with Crippen molar-refractivity contribution in [2.24, 2.45) is 0 Å². The van der Waals surface area contributed by atoms with Crippen molar-refractivity contribution in [3.63, 3.8) is 0 Å². The Labute approximate surface area is 110 Å². The summed E-state index contributed by atoms with van der Waals surface area (Å²) in [5, 5.41) is 0. The topological polar surface area (TPSA) is 6.48 Å². The van der Waals surface area contributed by atoms with Crippen LogP contribution in [0.5, 0.6) is 0 Å². The van der Waals surface area contributed by atoms with Gasteiger partial charge in [0, 0.05) is 0 Å². The SMILES string of the molecule is CCCCN(CC)C(=[Se])N(CC)CCCC. The number of unbranched alkanes of at least 4 members (excludes halogenated alkanes) is 2. The third kappa shape index (κ3) is 5.91. The third-order valence-electron chi connectivity index (χ3n) is 2.87. The predicted molar refractivity (Wildman–Crippen MR) is 75.1 cm³/mol. The van der Waals surface area contributed by atoms with Crippen molar-refractivity contribution in [2.45, 2.75) is 53.4 Å². The fraction of sp³-hybridized carbons (Fsp3) is 0.923. The van der Waals surface area contributed by atoms with Crippen LogP contribution in [0.15, 0.2) is 0 Å². The number of hydrogen-bond acceptors (Lipinski definition) is 2. The molecule has 0 heterocycles. The molecular formula is C13H28N2Se. The van der Waals surface area contributed by atoms with E-state index in [9.17, 15) is 0 Å². The molecule has 0 radical (unpaired) electrons. The molecule has 0 aliphatic rings. The van der Waals surface area contributed by atoms with Crippen LogP contribution in [0.4, 0.5) is 0 Å². The van der Waals surface area contributed by atoms with Crippen molar-refractivity contribution in [3.8, 4) is 0 Å². The quantitative estimate of drug-likeness (QED) is 0.571. The Morgan fingerprint density at radius 3 is 1.44 bits per heavy atom. The zero-order chi connectivity index (χ0) is 12.4. The molecule has 0 aliphatic heterocycles. The van der Waals surface area contributed by atoms with Gasteiger partial charge in [-0.2, -0.15) is 0 Å². The average molecular weight is 291 g/mol. The van der Waals surface area contributed by atoms with Crippen LogP contribution in [0.3, 0.4) is 0 Å². The van der Waals surface area contributed by atoms with Gasteiger partial charge in [0.1, 0.15) is 0 Å². The normalized spacial score (nSPS) is 10.2. The molecular weight excluding hydrogens is 263 g/mol. The molecule has 0 fully saturated rings. The van der Waals surface area contributed by atoms with Crippen LogP contribution < -0.4 is 0 Å². The zero-order valence-electron chi connectivity index (χ0n) is 11.5. The van der Waals surface area contributed by atoms with Crippen LogP contribution in [0.1, 0.15) is 53.4 Å². The van der Waals surface area contributed by atoms with Gasteiger partial charge in [-0.15, -0.1) is 0 Å². The van der Waals surface area contributed by atoms with E-state index in [0.29, 0.717) is 0 Å². The van der Waals surface area contributed by atoms with Crippen molar-refractivity contribution < 1.29 is 0 Å². The minimum absolute atomic E-state index is 1.10. The summed E-state index contributed by atoms with van der Waals surface area (Å²) >= 11 is 3.27. The fourth-order valence-electron chi connectivity index (χ4n) is 1.68. The molecule has 0 spiro atoms. The van der Waals surface area contributed by atoms with Gasteiger partial charge in [0.25, 0.3) is 0 Å². The molecule has 0 aromatic heterocycles. The van der Waals surface area contributed by atoms with Gasteiger partial charge >= 0.3 is 110 Å². The summed E-state index contributed by atoms with van der Waals surface area (Å²) in [6.45, 7) is 13.5. The molecule has 0 bridgehead atoms. The van der Waals surface area contributed by atoms with Crippen molar-refractivity contribution in [1.82, 2.24) is 9.80 Å². The second kappa shape index (κ2) is 10.2. The number of rotatable bonds is 10. The van der Waals surface area contributed by atoms with Gasteiger partial charge in [-0.05, 0) is 0 Å². The van der Waals surface area contributed by atoms with E-state index in [1.807, 2.05) is 0 Å². The second-order valence-electron chi connectivity index (χ2n) is 4.15. The monoisotopic (exact) mass is 292 g/mol. The van der Waals surface area contributed by atoms with E-state index in [4.69, 9.17) is 0 Å². The Bertz CT molecular complexity index is 165. The molecule has 0 N–H and O–H groups in total. The van der Waals surface area contributed by atoms with Crippen LogP contribution in [-0.2, 0) is 0 Å². The fourth-order valence-corrected chi connectivity index (χ4v) is 2.60. The predicted octanol–water partition coefficient (Wildman–Crippen LogP) is 2.49. The summed E-state index contributed by atoms with van der Waals surface area (Å²) in [4.78, 5) is 4.92. The average Bonchev–Trinajstić information content (AvgIpc) is 2.31. The summed E-state index contributed by atoms with van der Waals surface area (Å²) in [5.41, 5.74) is 0. The van der Waals surface area contributed by atoms with Crippen molar-refractivity contribution >= 4 is 20.2 Å². The second-order valence-corrected chi connectivity index (χ2v) is 4.92. The van der Waals surface area contributed by atoms with Gasteiger partial charge in [0.2, 0.25) is 0 Å². The first-order valence-electron chi connectivity index (χ1n) is 6.74. The Morgan fingerprint density at radius 1 is 0.812 bits per heavy atom. The number of hydrogen-bond donors (Lipinski definition) is 0. The first-order valence-corrected chi connectivity index (χ1v) is 7.60. The van der Waals surface area contributed by atoms with E-state index in [1.165, 1.54) is 43.4 Å². The van der Waals surface area contributed by atoms with Gasteiger partial charge in [-0.1, -0.05) is 0 Å². The summed E-state index contributed by atoms with van der Waals surface area (Å²) in [7, 11) is 0. The van der Waals surface area contributed by atoms with E-state index in [-0.39, 0.29) is 0 Å². The Kier molecular flexibility index (Phi) is 10.2. The van der Waals surface area contributed by atoms with Crippen LogP contribution in [-0.4, -0.2) is 56.2 Å². The first-order chi connectivity index (χ1) is 7.71. The van der Waals surface area contributed by atoms with E-state index in [2.05, 4.69) is 53.1 Å². The molecule has 0 aliphatic carbocycles. The molecule has 0 aromatic rings. The summed E-state index contributed by atoms with van der Waals surface area (Å²) in [6, 6.07) is 0. The summed E-state index contributed by atoms with van der Waals surface area (Å²) in [5.74, 6) is 0. The molecule has 0 rings (SSSR count). The van der Waals surface area contributed by atoms with Crippen LogP contribution >= 0.6 is 0 Å². The van der Waals surface area contributed by atoms with Gasteiger partial charge < -0.3 is 0 Å². The molecule has 0 unspecified atom stereocenters. The molecule has 0 saturated carbocycles. The molecule has 0 amide bonds. The standard InChI is InChI=1S/C13H28N2Se/c1-5-9-11-14(7-3)13(16)15(8-4)12-10-6-2/h5-12H2,1-4H3. The maximum atomic E-state index is 3.27. The zero-order valence-corrected chi connectivity index (χ0v) is 13.2. The molecule has 2 nitrogen and oxygen atoms in total. The maximum absolute atomic E-state index is 3.27. The van der Waals surface area contributed by atoms with E-state index >= 15 is 0 Å².